The standard InChI is InChI=1S/C9H15O2/c1-8(2)7-11-9(3)5-4-6-10/h3,6,8H,4-5,7H2,1-2H3. The molecule has 63 valence electrons. The fourth-order valence-electron chi connectivity index (χ4n) is 0.547. The normalized spacial score (nSPS) is 9.73. The van der Waals surface area contributed by atoms with Crippen LogP contribution in [0.1, 0.15) is 26.7 Å². The van der Waals surface area contributed by atoms with Gasteiger partial charge in [-0.25, -0.2) is 0 Å². The number of allylic oxidation sites excluding steroid dienone is 1. The monoisotopic (exact) mass is 155 g/mol. The van der Waals surface area contributed by atoms with Gasteiger partial charge in [0.05, 0.1) is 12.4 Å². The number of ether oxygens (including phenoxy) is 1. The van der Waals surface area contributed by atoms with Crippen molar-refractivity contribution in [1.82, 2.24) is 0 Å². The van der Waals surface area contributed by atoms with Crippen molar-refractivity contribution in [2.75, 3.05) is 6.61 Å². The molecule has 0 saturated carbocycles. The van der Waals surface area contributed by atoms with Gasteiger partial charge in [-0.15, -0.1) is 0 Å². The van der Waals surface area contributed by atoms with Crippen molar-refractivity contribution >= 4 is 6.29 Å². The van der Waals surface area contributed by atoms with Gasteiger partial charge in [-0.1, -0.05) is 13.8 Å². The maximum atomic E-state index is 9.92. The van der Waals surface area contributed by atoms with Crippen LogP contribution in [0.3, 0.4) is 0 Å². The van der Waals surface area contributed by atoms with Crippen LogP contribution in [0.15, 0.2) is 5.76 Å². The summed E-state index contributed by atoms with van der Waals surface area (Å²) < 4.78 is 5.14. The lowest BCUT2D eigenvalue weighted by molar-refractivity contribution is -0.107. The summed E-state index contributed by atoms with van der Waals surface area (Å²) in [7, 11) is 0. The smallest absolute Gasteiger partial charge is 0.120 e. The van der Waals surface area contributed by atoms with E-state index in [1.54, 1.807) is 0 Å². The van der Waals surface area contributed by atoms with Gasteiger partial charge >= 0.3 is 0 Å². The van der Waals surface area contributed by atoms with Gasteiger partial charge < -0.3 is 9.53 Å². The molecule has 0 aromatic carbocycles. The Labute approximate surface area is 68.2 Å². The molecule has 0 N–H and O–H groups in total. The van der Waals surface area contributed by atoms with Crippen LogP contribution in [-0.2, 0) is 9.53 Å². The minimum Gasteiger partial charge on any atom is -0.498 e. The predicted octanol–water partition coefficient (Wildman–Crippen LogP) is 1.95. The Morgan fingerprint density at radius 1 is 1.64 bits per heavy atom. The number of aldehydes is 1. The lowest BCUT2D eigenvalue weighted by atomic mass is 10.2. The zero-order valence-corrected chi connectivity index (χ0v) is 7.17. The largest absolute Gasteiger partial charge is 0.498 e. The SMILES string of the molecule is [CH]=C(CCC=O)OCC(C)C. The van der Waals surface area contributed by atoms with Crippen LogP contribution < -0.4 is 0 Å². The third-order valence-corrected chi connectivity index (χ3v) is 1.11. The van der Waals surface area contributed by atoms with Gasteiger partial charge in [-0.05, 0) is 12.5 Å². The van der Waals surface area contributed by atoms with Crippen molar-refractivity contribution in [3.63, 3.8) is 0 Å². The number of rotatable bonds is 6. The Bertz CT molecular complexity index is 128. The zero-order chi connectivity index (χ0) is 8.69. The second-order valence-corrected chi connectivity index (χ2v) is 2.88. The summed E-state index contributed by atoms with van der Waals surface area (Å²) in [5.41, 5.74) is 0. The first kappa shape index (κ1) is 10.2. The minimum absolute atomic E-state index is 0.448. The van der Waals surface area contributed by atoms with Crippen molar-refractivity contribution in [1.29, 1.82) is 0 Å². The Kier molecular flexibility index (Phi) is 5.53. The van der Waals surface area contributed by atoms with Crippen LogP contribution >= 0.6 is 0 Å². The fraction of sp³-hybridized carbons (Fsp3) is 0.667. The number of hydrogen-bond donors (Lipinski definition) is 0. The Balaban J connectivity index is 3.29. The van der Waals surface area contributed by atoms with Crippen LogP contribution in [0, 0.1) is 12.5 Å². The molecule has 0 aliphatic carbocycles. The number of carbonyl (C=O) groups excluding carboxylic acids is 1. The molecule has 0 rings (SSSR count). The third-order valence-electron chi connectivity index (χ3n) is 1.11. The van der Waals surface area contributed by atoms with Gasteiger partial charge in [0.25, 0.3) is 0 Å². The molecule has 11 heavy (non-hydrogen) atoms. The summed E-state index contributed by atoms with van der Waals surface area (Å²) in [6, 6.07) is 0. The molecule has 0 aromatic rings. The van der Waals surface area contributed by atoms with Crippen LogP contribution in [-0.4, -0.2) is 12.9 Å². The average Bonchev–Trinajstić information content (AvgIpc) is 1.97. The highest BCUT2D eigenvalue weighted by molar-refractivity contribution is 5.49. The summed E-state index contributed by atoms with van der Waals surface area (Å²) >= 11 is 0. The van der Waals surface area contributed by atoms with Crippen LogP contribution in [0.2, 0.25) is 0 Å². The second-order valence-electron chi connectivity index (χ2n) is 2.88. The van der Waals surface area contributed by atoms with Gasteiger partial charge in [0.1, 0.15) is 6.29 Å². The molecular formula is C9H15O2. The lowest BCUT2D eigenvalue weighted by Gasteiger charge is -2.09. The van der Waals surface area contributed by atoms with Crippen LogP contribution in [0.5, 0.6) is 0 Å². The van der Waals surface area contributed by atoms with E-state index in [1.165, 1.54) is 0 Å². The summed E-state index contributed by atoms with van der Waals surface area (Å²) in [5, 5.41) is 0. The molecule has 0 saturated heterocycles. The van der Waals surface area contributed by atoms with E-state index in [0.717, 1.165) is 6.29 Å². The summed E-state index contributed by atoms with van der Waals surface area (Å²) in [4.78, 5) is 9.92. The van der Waals surface area contributed by atoms with Crippen molar-refractivity contribution in [3.8, 4) is 0 Å². The van der Waals surface area contributed by atoms with E-state index in [0.29, 0.717) is 31.1 Å². The molecule has 2 heteroatoms. The maximum absolute atomic E-state index is 9.92. The fourth-order valence-corrected chi connectivity index (χ4v) is 0.547. The van der Waals surface area contributed by atoms with Gasteiger partial charge in [-0.3, -0.25) is 0 Å². The number of carbonyl (C=O) groups is 1. The van der Waals surface area contributed by atoms with Crippen LogP contribution in [0.25, 0.3) is 0 Å². The van der Waals surface area contributed by atoms with Gasteiger partial charge in [0.15, 0.2) is 0 Å². The van der Waals surface area contributed by atoms with E-state index in [9.17, 15) is 4.79 Å². The molecule has 2 nitrogen and oxygen atoms in total. The highest BCUT2D eigenvalue weighted by Crippen LogP contribution is 2.04. The quantitative estimate of drug-likeness (QED) is 0.433. The van der Waals surface area contributed by atoms with E-state index in [1.807, 2.05) is 13.8 Å². The Morgan fingerprint density at radius 2 is 2.27 bits per heavy atom. The van der Waals surface area contributed by atoms with E-state index < -0.39 is 0 Å². The Hall–Kier alpha value is -0.790. The average molecular weight is 155 g/mol. The molecule has 0 bridgehead atoms. The van der Waals surface area contributed by atoms with Crippen molar-refractivity contribution in [3.05, 3.63) is 12.3 Å². The van der Waals surface area contributed by atoms with E-state index in [-0.39, 0.29) is 0 Å². The predicted molar refractivity (Wildman–Crippen MR) is 43.9 cm³/mol. The molecule has 0 unspecified atom stereocenters. The third kappa shape index (κ3) is 7.10. The molecule has 0 atom stereocenters. The van der Waals surface area contributed by atoms with E-state index >= 15 is 0 Å². The van der Waals surface area contributed by atoms with Crippen molar-refractivity contribution in [2.45, 2.75) is 26.7 Å². The highest BCUT2D eigenvalue weighted by Gasteiger charge is 1.97. The minimum atomic E-state index is 0.448. The van der Waals surface area contributed by atoms with E-state index in [2.05, 4.69) is 0 Å². The molecular weight excluding hydrogens is 140 g/mol. The highest BCUT2D eigenvalue weighted by atomic mass is 16.5. The summed E-state index contributed by atoms with van der Waals surface area (Å²) in [6.45, 7) is 10.2. The zero-order valence-electron chi connectivity index (χ0n) is 7.17. The summed E-state index contributed by atoms with van der Waals surface area (Å²) in [6.07, 6.45) is 1.83. The molecule has 0 spiro atoms. The molecule has 0 aromatic heterocycles. The van der Waals surface area contributed by atoms with Gasteiger partial charge in [0.2, 0.25) is 0 Å². The maximum Gasteiger partial charge on any atom is 0.120 e. The number of hydrogen-bond acceptors (Lipinski definition) is 2. The van der Waals surface area contributed by atoms with Gasteiger partial charge in [0, 0.05) is 12.8 Å². The molecule has 0 amide bonds. The second kappa shape index (κ2) is 5.96. The van der Waals surface area contributed by atoms with Gasteiger partial charge in [-0.2, -0.15) is 0 Å². The molecule has 0 aliphatic heterocycles. The first-order chi connectivity index (χ1) is 5.16. The molecule has 0 fully saturated rings. The Morgan fingerprint density at radius 3 is 2.73 bits per heavy atom. The molecule has 0 aliphatic rings. The summed E-state index contributed by atoms with van der Waals surface area (Å²) in [5.74, 6) is 0.940. The van der Waals surface area contributed by atoms with Crippen molar-refractivity contribution < 1.29 is 9.53 Å². The first-order valence-electron chi connectivity index (χ1n) is 3.84. The van der Waals surface area contributed by atoms with Crippen molar-refractivity contribution in [2.24, 2.45) is 5.92 Å². The first-order valence-corrected chi connectivity index (χ1v) is 3.84. The molecule has 0 heterocycles. The van der Waals surface area contributed by atoms with Crippen LogP contribution in [0.4, 0.5) is 0 Å². The lowest BCUT2D eigenvalue weighted by Crippen LogP contribution is -2.01. The molecule has 1 radical (unpaired) electrons. The topological polar surface area (TPSA) is 26.3 Å². The van der Waals surface area contributed by atoms with E-state index in [4.69, 9.17) is 11.3 Å².